The van der Waals surface area contributed by atoms with Crippen molar-refractivity contribution in [3.63, 3.8) is 0 Å². The summed E-state index contributed by atoms with van der Waals surface area (Å²) in [5, 5.41) is 6.93. The molecule has 0 aromatic carbocycles. The molecule has 86 valence electrons. The predicted octanol–water partition coefficient (Wildman–Crippen LogP) is 1.40. The second-order valence-electron chi connectivity index (χ2n) is 5.00. The molecule has 0 bridgehead atoms. The predicted molar refractivity (Wildman–Crippen MR) is 64.3 cm³/mol. The molecule has 0 aliphatic carbocycles. The average Bonchev–Trinajstić information content (AvgIpc) is 2.66. The molecule has 2 N–H and O–H groups in total. The van der Waals surface area contributed by atoms with Crippen LogP contribution in [-0.2, 0) is 0 Å². The lowest BCUT2D eigenvalue weighted by Crippen LogP contribution is -2.30. The molecule has 2 rings (SSSR count). The molecule has 0 aromatic heterocycles. The molecule has 1 fully saturated rings. The minimum absolute atomic E-state index is 0.813. The summed E-state index contributed by atoms with van der Waals surface area (Å²) in [6.45, 7) is 6.83. The van der Waals surface area contributed by atoms with Crippen molar-refractivity contribution >= 4 is 5.84 Å². The van der Waals surface area contributed by atoms with Crippen LogP contribution in [0.25, 0.3) is 0 Å². The summed E-state index contributed by atoms with van der Waals surface area (Å²) in [6, 6.07) is 0. The SMILES string of the molecule is CC1CCN=C(NCC2CCNC2)CC1. The molecule has 3 nitrogen and oxygen atoms in total. The Balaban J connectivity index is 1.71. The fourth-order valence-corrected chi connectivity index (χ4v) is 2.32. The van der Waals surface area contributed by atoms with Gasteiger partial charge < -0.3 is 10.6 Å². The second-order valence-corrected chi connectivity index (χ2v) is 5.00. The third-order valence-electron chi connectivity index (χ3n) is 3.56. The number of hydrogen-bond donors (Lipinski definition) is 2. The van der Waals surface area contributed by atoms with E-state index in [1.807, 2.05) is 0 Å². The van der Waals surface area contributed by atoms with Gasteiger partial charge in [0.2, 0.25) is 0 Å². The van der Waals surface area contributed by atoms with Gasteiger partial charge in [0.25, 0.3) is 0 Å². The van der Waals surface area contributed by atoms with Crippen molar-refractivity contribution in [3.8, 4) is 0 Å². The van der Waals surface area contributed by atoms with Crippen LogP contribution in [-0.4, -0.2) is 32.0 Å². The Hall–Kier alpha value is -0.570. The minimum atomic E-state index is 0.813. The summed E-state index contributed by atoms with van der Waals surface area (Å²) in [5.74, 6) is 2.92. The van der Waals surface area contributed by atoms with Crippen molar-refractivity contribution in [2.24, 2.45) is 16.8 Å². The maximum atomic E-state index is 4.62. The van der Waals surface area contributed by atoms with Gasteiger partial charge in [-0.15, -0.1) is 0 Å². The Bertz CT molecular complexity index is 219. The quantitative estimate of drug-likeness (QED) is 0.721. The summed E-state index contributed by atoms with van der Waals surface area (Å²) in [4.78, 5) is 4.62. The van der Waals surface area contributed by atoms with E-state index in [1.54, 1.807) is 0 Å². The topological polar surface area (TPSA) is 36.4 Å². The Morgan fingerprint density at radius 3 is 3.13 bits per heavy atom. The molecule has 0 amide bonds. The fraction of sp³-hybridized carbons (Fsp3) is 0.917. The van der Waals surface area contributed by atoms with Crippen LogP contribution in [0.15, 0.2) is 4.99 Å². The number of hydrogen-bond acceptors (Lipinski definition) is 3. The number of nitrogens with zero attached hydrogens (tertiary/aromatic N) is 1. The van der Waals surface area contributed by atoms with E-state index in [0.29, 0.717) is 0 Å². The zero-order chi connectivity index (χ0) is 10.5. The molecule has 2 aliphatic heterocycles. The number of rotatable bonds is 2. The van der Waals surface area contributed by atoms with E-state index in [0.717, 1.165) is 31.3 Å². The maximum Gasteiger partial charge on any atom is 0.0963 e. The highest BCUT2D eigenvalue weighted by molar-refractivity contribution is 5.82. The van der Waals surface area contributed by atoms with Crippen molar-refractivity contribution in [2.45, 2.75) is 32.6 Å². The Kier molecular flexibility index (Phi) is 4.01. The van der Waals surface area contributed by atoms with Gasteiger partial charge in [0.15, 0.2) is 0 Å². The van der Waals surface area contributed by atoms with Gasteiger partial charge in [-0.05, 0) is 44.2 Å². The van der Waals surface area contributed by atoms with Crippen LogP contribution in [0.5, 0.6) is 0 Å². The number of aliphatic imine (C=N–C) groups is 1. The monoisotopic (exact) mass is 209 g/mol. The summed E-state index contributed by atoms with van der Waals surface area (Å²) in [5.41, 5.74) is 0. The van der Waals surface area contributed by atoms with Crippen LogP contribution in [0, 0.1) is 11.8 Å². The molecular formula is C12H23N3. The van der Waals surface area contributed by atoms with Crippen molar-refractivity contribution < 1.29 is 0 Å². The lowest BCUT2D eigenvalue weighted by Gasteiger charge is -2.12. The van der Waals surface area contributed by atoms with E-state index in [4.69, 9.17) is 0 Å². The molecule has 3 heteroatoms. The van der Waals surface area contributed by atoms with Crippen LogP contribution < -0.4 is 10.6 Å². The Morgan fingerprint density at radius 1 is 1.40 bits per heavy atom. The van der Waals surface area contributed by atoms with E-state index in [1.165, 1.54) is 38.2 Å². The summed E-state index contributed by atoms with van der Waals surface area (Å²) in [7, 11) is 0. The first-order valence-electron chi connectivity index (χ1n) is 6.32. The molecule has 1 saturated heterocycles. The van der Waals surface area contributed by atoms with Crippen LogP contribution >= 0.6 is 0 Å². The molecule has 0 saturated carbocycles. The number of amidine groups is 1. The first-order valence-corrected chi connectivity index (χ1v) is 6.32. The largest absolute Gasteiger partial charge is 0.374 e. The summed E-state index contributed by atoms with van der Waals surface area (Å²) < 4.78 is 0. The van der Waals surface area contributed by atoms with Crippen LogP contribution in [0.2, 0.25) is 0 Å². The van der Waals surface area contributed by atoms with E-state index < -0.39 is 0 Å². The van der Waals surface area contributed by atoms with Gasteiger partial charge in [-0.2, -0.15) is 0 Å². The highest BCUT2D eigenvalue weighted by atomic mass is 15.0. The van der Waals surface area contributed by atoms with E-state index in [2.05, 4.69) is 22.5 Å². The Morgan fingerprint density at radius 2 is 2.33 bits per heavy atom. The molecule has 0 radical (unpaired) electrons. The zero-order valence-corrected chi connectivity index (χ0v) is 9.76. The van der Waals surface area contributed by atoms with Gasteiger partial charge in [-0.3, -0.25) is 4.99 Å². The van der Waals surface area contributed by atoms with Crippen molar-refractivity contribution in [2.75, 3.05) is 26.2 Å². The summed E-state index contributed by atoms with van der Waals surface area (Å²) in [6.07, 6.45) is 5.03. The second kappa shape index (κ2) is 5.50. The van der Waals surface area contributed by atoms with E-state index in [9.17, 15) is 0 Å². The average molecular weight is 209 g/mol. The zero-order valence-electron chi connectivity index (χ0n) is 9.76. The standard InChI is InChI=1S/C12H23N3/c1-10-2-3-12(14-7-4-10)15-9-11-5-6-13-8-11/h10-11,13H,2-9H2,1H3,(H,14,15). The van der Waals surface area contributed by atoms with Crippen molar-refractivity contribution in [1.29, 1.82) is 0 Å². The van der Waals surface area contributed by atoms with Crippen LogP contribution in [0.4, 0.5) is 0 Å². The van der Waals surface area contributed by atoms with Gasteiger partial charge in [-0.25, -0.2) is 0 Å². The molecule has 2 unspecified atom stereocenters. The highest BCUT2D eigenvalue weighted by Crippen LogP contribution is 2.14. The number of nitrogens with one attached hydrogen (secondary N) is 2. The molecule has 15 heavy (non-hydrogen) atoms. The van der Waals surface area contributed by atoms with E-state index in [-0.39, 0.29) is 0 Å². The fourth-order valence-electron chi connectivity index (χ4n) is 2.32. The molecular weight excluding hydrogens is 186 g/mol. The smallest absolute Gasteiger partial charge is 0.0963 e. The van der Waals surface area contributed by atoms with E-state index >= 15 is 0 Å². The lowest BCUT2D eigenvalue weighted by atomic mass is 10.0. The first-order chi connectivity index (χ1) is 7.34. The van der Waals surface area contributed by atoms with Gasteiger partial charge in [0.1, 0.15) is 0 Å². The molecule has 2 heterocycles. The lowest BCUT2D eigenvalue weighted by molar-refractivity contribution is 0.520. The van der Waals surface area contributed by atoms with Gasteiger partial charge in [-0.1, -0.05) is 6.92 Å². The first kappa shape index (κ1) is 10.9. The van der Waals surface area contributed by atoms with Gasteiger partial charge in [0.05, 0.1) is 5.84 Å². The molecule has 2 atom stereocenters. The van der Waals surface area contributed by atoms with Crippen molar-refractivity contribution in [3.05, 3.63) is 0 Å². The molecule has 0 spiro atoms. The highest BCUT2D eigenvalue weighted by Gasteiger charge is 2.15. The maximum absolute atomic E-state index is 4.62. The Labute approximate surface area is 92.7 Å². The van der Waals surface area contributed by atoms with Crippen molar-refractivity contribution in [1.82, 2.24) is 10.6 Å². The third kappa shape index (κ3) is 3.49. The van der Waals surface area contributed by atoms with Gasteiger partial charge >= 0.3 is 0 Å². The summed E-state index contributed by atoms with van der Waals surface area (Å²) >= 11 is 0. The van der Waals surface area contributed by atoms with Crippen LogP contribution in [0.3, 0.4) is 0 Å². The van der Waals surface area contributed by atoms with Crippen LogP contribution in [0.1, 0.15) is 32.6 Å². The normalized spacial score (nSPS) is 32.2. The third-order valence-corrected chi connectivity index (χ3v) is 3.56. The van der Waals surface area contributed by atoms with Gasteiger partial charge in [0, 0.05) is 19.5 Å². The minimum Gasteiger partial charge on any atom is -0.374 e. The molecule has 0 aromatic rings. The molecule has 2 aliphatic rings.